The number of hydrogen-bond acceptors (Lipinski definition) is 3. The lowest BCUT2D eigenvalue weighted by Crippen LogP contribution is -2.23. The van der Waals surface area contributed by atoms with Crippen LogP contribution in [0, 0.1) is 11.8 Å². The molecule has 0 spiro atoms. The highest BCUT2D eigenvalue weighted by Crippen LogP contribution is 2.06. The number of hydrogen-bond donors (Lipinski definition) is 0. The van der Waals surface area contributed by atoms with E-state index < -0.39 is 11.6 Å². The highest BCUT2D eigenvalue weighted by Gasteiger charge is 2.14. The minimum atomic E-state index is -0.499. The van der Waals surface area contributed by atoms with Gasteiger partial charge < -0.3 is 9.47 Å². The van der Waals surface area contributed by atoms with Crippen LogP contribution in [0.5, 0.6) is 0 Å². The first-order chi connectivity index (χ1) is 6.89. The van der Waals surface area contributed by atoms with E-state index in [-0.39, 0.29) is 6.10 Å². The van der Waals surface area contributed by atoms with Crippen molar-refractivity contribution in [2.75, 3.05) is 6.61 Å². The molecule has 0 amide bonds. The third-order valence-electron chi connectivity index (χ3n) is 1.47. The zero-order chi connectivity index (χ0) is 11.9. The Labute approximate surface area is 92.1 Å². The zero-order valence-corrected chi connectivity index (χ0v) is 10.2. The SMILES string of the molecule is CCOC(C#CC(=O)OC(C)(C)C)CC. The fourth-order valence-corrected chi connectivity index (χ4v) is 0.906. The lowest BCUT2D eigenvalue weighted by atomic mass is 10.2. The number of esters is 1. The standard InChI is InChI=1S/C12H20O3/c1-6-10(14-7-2)8-9-11(13)15-12(3,4)5/h10H,6-7H2,1-5H3. The van der Waals surface area contributed by atoms with E-state index in [4.69, 9.17) is 9.47 Å². The van der Waals surface area contributed by atoms with Crippen LogP contribution in [0.15, 0.2) is 0 Å². The van der Waals surface area contributed by atoms with E-state index in [9.17, 15) is 4.79 Å². The summed E-state index contributed by atoms with van der Waals surface area (Å²) in [5, 5.41) is 0. The lowest BCUT2D eigenvalue weighted by molar-refractivity contribution is -0.147. The van der Waals surface area contributed by atoms with E-state index in [1.165, 1.54) is 0 Å². The molecule has 3 heteroatoms. The molecule has 0 heterocycles. The molecule has 0 aromatic carbocycles. The summed E-state index contributed by atoms with van der Waals surface area (Å²) in [6.07, 6.45) is 0.589. The second-order valence-electron chi connectivity index (χ2n) is 4.12. The second kappa shape index (κ2) is 6.47. The van der Waals surface area contributed by atoms with Gasteiger partial charge in [0.1, 0.15) is 11.7 Å². The lowest BCUT2D eigenvalue weighted by Gasteiger charge is -2.17. The highest BCUT2D eigenvalue weighted by atomic mass is 16.6. The Morgan fingerprint density at radius 3 is 2.33 bits per heavy atom. The van der Waals surface area contributed by atoms with Crippen LogP contribution in [0.4, 0.5) is 0 Å². The molecule has 1 unspecified atom stereocenters. The normalized spacial score (nSPS) is 12.6. The first kappa shape index (κ1) is 14.0. The van der Waals surface area contributed by atoms with Crippen LogP contribution in [0.25, 0.3) is 0 Å². The third kappa shape index (κ3) is 8.02. The molecular weight excluding hydrogens is 192 g/mol. The second-order valence-corrected chi connectivity index (χ2v) is 4.12. The van der Waals surface area contributed by atoms with Crippen molar-refractivity contribution in [2.45, 2.75) is 52.7 Å². The molecule has 0 saturated heterocycles. The van der Waals surface area contributed by atoms with Gasteiger partial charge in [-0.05, 0) is 34.1 Å². The zero-order valence-electron chi connectivity index (χ0n) is 10.2. The Balaban J connectivity index is 4.20. The van der Waals surface area contributed by atoms with Gasteiger partial charge in [0.05, 0.1) is 0 Å². The smallest absolute Gasteiger partial charge is 0.384 e. The van der Waals surface area contributed by atoms with Crippen LogP contribution in [0.3, 0.4) is 0 Å². The fraction of sp³-hybridized carbons (Fsp3) is 0.750. The highest BCUT2D eigenvalue weighted by molar-refractivity contribution is 5.88. The van der Waals surface area contributed by atoms with Gasteiger partial charge in [0.25, 0.3) is 0 Å². The Bertz CT molecular complexity index is 252. The van der Waals surface area contributed by atoms with Gasteiger partial charge in [-0.15, -0.1) is 0 Å². The average Bonchev–Trinajstić information content (AvgIpc) is 2.09. The Morgan fingerprint density at radius 1 is 1.33 bits per heavy atom. The van der Waals surface area contributed by atoms with Gasteiger partial charge in [0.2, 0.25) is 0 Å². The topological polar surface area (TPSA) is 35.5 Å². The minimum absolute atomic E-state index is 0.178. The fourth-order valence-electron chi connectivity index (χ4n) is 0.906. The number of carbonyl (C=O) groups is 1. The van der Waals surface area contributed by atoms with Gasteiger partial charge in [-0.2, -0.15) is 0 Å². The van der Waals surface area contributed by atoms with Crippen molar-refractivity contribution >= 4 is 5.97 Å². The first-order valence-electron chi connectivity index (χ1n) is 5.25. The summed E-state index contributed by atoms with van der Waals surface area (Å²) < 4.78 is 10.3. The van der Waals surface area contributed by atoms with Crippen molar-refractivity contribution in [3.63, 3.8) is 0 Å². The van der Waals surface area contributed by atoms with E-state index in [1.807, 2.05) is 34.6 Å². The largest absolute Gasteiger partial charge is 0.450 e. The Hall–Kier alpha value is -1.01. The minimum Gasteiger partial charge on any atom is -0.450 e. The number of carbonyl (C=O) groups excluding carboxylic acids is 1. The van der Waals surface area contributed by atoms with Crippen LogP contribution in [0.1, 0.15) is 41.0 Å². The predicted octanol–water partition coefficient (Wildman–Crippen LogP) is 2.15. The predicted molar refractivity (Wildman–Crippen MR) is 59.3 cm³/mol. The quantitative estimate of drug-likeness (QED) is 0.408. The van der Waals surface area contributed by atoms with Crippen molar-refractivity contribution in [1.29, 1.82) is 0 Å². The molecule has 0 rings (SSSR count). The molecule has 0 fully saturated rings. The van der Waals surface area contributed by atoms with Gasteiger partial charge in [-0.1, -0.05) is 12.8 Å². The summed E-state index contributed by atoms with van der Waals surface area (Å²) in [5.41, 5.74) is -0.487. The van der Waals surface area contributed by atoms with Gasteiger partial charge in [0.15, 0.2) is 0 Å². The summed E-state index contributed by atoms with van der Waals surface area (Å²) in [7, 11) is 0. The van der Waals surface area contributed by atoms with Crippen molar-refractivity contribution in [1.82, 2.24) is 0 Å². The van der Waals surface area contributed by atoms with Crippen molar-refractivity contribution in [2.24, 2.45) is 0 Å². The maximum atomic E-state index is 11.2. The van der Waals surface area contributed by atoms with E-state index in [2.05, 4.69) is 11.8 Å². The van der Waals surface area contributed by atoms with E-state index in [0.717, 1.165) is 6.42 Å². The molecule has 0 bridgehead atoms. The molecule has 0 aromatic heterocycles. The van der Waals surface area contributed by atoms with Gasteiger partial charge in [-0.3, -0.25) is 0 Å². The molecule has 0 aliphatic carbocycles. The summed E-state index contributed by atoms with van der Waals surface area (Å²) in [6, 6.07) is 0. The monoisotopic (exact) mass is 212 g/mol. The summed E-state index contributed by atoms with van der Waals surface area (Å²) in [6.45, 7) is 9.90. The van der Waals surface area contributed by atoms with E-state index >= 15 is 0 Å². The van der Waals surface area contributed by atoms with E-state index in [0.29, 0.717) is 6.61 Å². The molecule has 0 aromatic rings. The summed E-state index contributed by atoms with van der Waals surface area (Å²) in [4.78, 5) is 11.2. The van der Waals surface area contributed by atoms with Crippen LogP contribution >= 0.6 is 0 Å². The summed E-state index contributed by atoms with van der Waals surface area (Å²) >= 11 is 0. The molecule has 1 atom stereocenters. The molecule has 0 N–H and O–H groups in total. The summed E-state index contributed by atoms with van der Waals surface area (Å²) in [5.74, 6) is 4.69. The Morgan fingerprint density at radius 2 is 1.93 bits per heavy atom. The molecule has 0 aliphatic heterocycles. The van der Waals surface area contributed by atoms with Crippen LogP contribution in [-0.4, -0.2) is 24.3 Å². The molecule has 86 valence electrons. The maximum Gasteiger partial charge on any atom is 0.384 e. The van der Waals surface area contributed by atoms with Crippen molar-refractivity contribution in [3.05, 3.63) is 0 Å². The number of ether oxygens (including phenoxy) is 2. The molecule has 0 saturated carbocycles. The molecule has 0 radical (unpaired) electrons. The van der Waals surface area contributed by atoms with Gasteiger partial charge >= 0.3 is 5.97 Å². The third-order valence-corrected chi connectivity index (χ3v) is 1.47. The van der Waals surface area contributed by atoms with Crippen molar-refractivity contribution in [3.8, 4) is 11.8 Å². The van der Waals surface area contributed by atoms with Crippen LogP contribution < -0.4 is 0 Å². The molecule has 0 aliphatic rings. The van der Waals surface area contributed by atoms with Gasteiger partial charge in [-0.25, -0.2) is 4.79 Å². The first-order valence-corrected chi connectivity index (χ1v) is 5.25. The van der Waals surface area contributed by atoms with Crippen LogP contribution in [-0.2, 0) is 14.3 Å². The maximum absolute atomic E-state index is 11.2. The average molecular weight is 212 g/mol. The molecule has 3 nitrogen and oxygen atoms in total. The van der Waals surface area contributed by atoms with E-state index in [1.54, 1.807) is 0 Å². The van der Waals surface area contributed by atoms with Crippen LogP contribution in [0.2, 0.25) is 0 Å². The Kier molecular flexibility index (Phi) is 6.03. The number of rotatable bonds is 3. The molecule has 15 heavy (non-hydrogen) atoms. The van der Waals surface area contributed by atoms with Crippen molar-refractivity contribution < 1.29 is 14.3 Å². The van der Waals surface area contributed by atoms with Gasteiger partial charge in [0, 0.05) is 12.5 Å². The molecular formula is C12H20O3.